The van der Waals surface area contributed by atoms with Crippen LogP contribution < -0.4 is 0 Å². The standard InChI is InChI=1S/C14H14O3/c1-14(2,13(16)17)12-5-3-4-9-8-10(15)6-7-11(9)12/h3-8,15H,1-2H3,(H,16,17). The summed E-state index contributed by atoms with van der Waals surface area (Å²) in [5.41, 5.74) is -0.196. The fourth-order valence-corrected chi connectivity index (χ4v) is 1.93. The van der Waals surface area contributed by atoms with Gasteiger partial charge in [0.1, 0.15) is 5.75 Å². The second-order valence-electron chi connectivity index (χ2n) is 4.64. The molecule has 88 valence electrons. The molecule has 3 nitrogen and oxygen atoms in total. The number of benzene rings is 2. The Morgan fingerprint density at radius 2 is 1.88 bits per heavy atom. The second-order valence-corrected chi connectivity index (χ2v) is 4.64. The fraction of sp³-hybridized carbons (Fsp3) is 0.214. The quantitative estimate of drug-likeness (QED) is 0.834. The molecule has 0 aromatic heterocycles. The summed E-state index contributed by atoms with van der Waals surface area (Å²) in [5, 5.41) is 20.4. The summed E-state index contributed by atoms with van der Waals surface area (Å²) < 4.78 is 0. The maximum atomic E-state index is 11.3. The Morgan fingerprint density at radius 1 is 1.18 bits per heavy atom. The first-order valence-electron chi connectivity index (χ1n) is 5.38. The van der Waals surface area contributed by atoms with E-state index in [1.54, 1.807) is 32.0 Å². The van der Waals surface area contributed by atoms with E-state index in [0.717, 1.165) is 16.3 Å². The lowest BCUT2D eigenvalue weighted by Crippen LogP contribution is -2.28. The number of hydrogen-bond acceptors (Lipinski definition) is 2. The van der Waals surface area contributed by atoms with Gasteiger partial charge in [-0.05, 0) is 42.3 Å². The Morgan fingerprint density at radius 3 is 2.53 bits per heavy atom. The zero-order valence-electron chi connectivity index (χ0n) is 9.77. The molecular weight excluding hydrogens is 216 g/mol. The highest BCUT2D eigenvalue weighted by Crippen LogP contribution is 2.32. The van der Waals surface area contributed by atoms with Crippen LogP contribution in [0.15, 0.2) is 36.4 Å². The monoisotopic (exact) mass is 230 g/mol. The molecule has 0 amide bonds. The first-order valence-corrected chi connectivity index (χ1v) is 5.38. The zero-order chi connectivity index (χ0) is 12.6. The number of carbonyl (C=O) groups is 1. The van der Waals surface area contributed by atoms with Crippen LogP contribution in [0.25, 0.3) is 10.8 Å². The molecule has 17 heavy (non-hydrogen) atoms. The minimum atomic E-state index is -0.948. The van der Waals surface area contributed by atoms with Gasteiger partial charge in [0, 0.05) is 0 Å². The molecule has 0 atom stereocenters. The number of carboxylic acid groups (broad SMARTS) is 1. The SMILES string of the molecule is CC(C)(C(=O)O)c1cccc2cc(O)ccc12. The summed E-state index contributed by atoms with van der Waals surface area (Å²) in [4.78, 5) is 11.3. The van der Waals surface area contributed by atoms with Crippen molar-refractivity contribution in [1.29, 1.82) is 0 Å². The van der Waals surface area contributed by atoms with Crippen LogP contribution in [0.4, 0.5) is 0 Å². The van der Waals surface area contributed by atoms with Gasteiger partial charge in [-0.15, -0.1) is 0 Å². The van der Waals surface area contributed by atoms with Gasteiger partial charge in [-0.3, -0.25) is 4.79 Å². The van der Waals surface area contributed by atoms with Gasteiger partial charge in [-0.25, -0.2) is 0 Å². The highest BCUT2D eigenvalue weighted by atomic mass is 16.4. The number of phenolic OH excluding ortho intramolecular Hbond substituents is 1. The lowest BCUT2D eigenvalue weighted by atomic mass is 9.82. The topological polar surface area (TPSA) is 57.5 Å². The molecule has 0 saturated heterocycles. The number of carboxylic acids is 1. The highest BCUT2D eigenvalue weighted by molar-refractivity contribution is 5.93. The van der Waals surface area contributed by atoms with Gasteiger partial charge in [-0.1, -0.05) is 24.3 Å². The van der Waals surface area contributed by atoms with Crippen LogP contribution in [-0.4, -0.2) is 16.2 Å². The minimum absolute atomic E-state index is 0.183. The third-order valence-corrected chi connectivity index (χ3v) is 3.07. The Kier molecular flexibility index (Phi) is 2.54. The Balaban J connectivity index is 2.75. The van der Waals surface area contributed by atoms with E-state index in [1.165, 1.54) is 0 Å². The van der Waals surface area contributed by atoms with Crippen molar-refractivity contribution in [3.8, 4) is 5.75 Å². The minimum Gasteiger partial charge on any atom is -0.508 e. The molecule has 3 heteroatoms. The first kappa shape index (κ1) is 11.5. The Hall–Kier alpha value is -2.03. The van der Waals surface area contributed by atoms with Crippen molar-refractivity contribution in [2.45, 2.75) is 19.3 Å². The summed E-state index contributed by atoms with van der Waals surface area (Å²) >= 11 is 0. The fourth-order valence-electron chi connectivity index (χ4n) is 1.93. The third kappa shape index (κ3) is 1.84. The van der Waals surface area contributed by atoms with Crippen molar-refractivity contribution < 1.29 is 15.0 Å². The zero-order valence-corrected chi connectivity index (χ0v) is 9.77. The molecule has 2 aromatic carbocycles. The van der Waals surface area contributed by atoms with E-state index in [1.807, 2.05) is 18.2 Å². The first-order chi connectivity index (χ1) is 7.93. The van der Waals surface area contributed by atoms with E-state index < -0.39 is 11.4 Å². The van der Waals surface area contributed by atoms with Crippen LogP contribution in [0, 0.1) is 0 Å². The summed E-state index contributed by atoms with van der Waals surface area (Å²) in [6.45, 7) is 3.36. The van der Waals surface area contributed by atoms with Gasteiger partial charge in [0.25, 0.3) is 0 Å². The van der Waals surface area contributed by atoms with Gasteiger partial charge in [-0.2, -0.15) is 0 Å². The third-order valence-electron chi connectivity index (χ3n) is 3.07. The number of aromatic hydroxyl groups is 1. The lowest BCUT2D eigenvalue weighted by molar-refractivity contribution is -0.142. The molecule has 0 aliphatic heterocycles. The second kappa shape index (κ2) is 3.77. The molecule has 2 aromatic rings. The van der Waals surface area contributed by atoms with E-state index in [4.69, 9.17) is 0 Å². The molecule has 0 spiro atoms. The van der Waals surface area contributed by atoms with Gasteiger partial charge < -0.3 is 10.2 Å². The van der Waals surface area contributed by atoms with Crippen molar-refractivity contribution in [2.75, 3.05) is 0 Å². The smallest absolute Gasteiger partial charge is 0.313 e. The highest BCUT2D eigenvalue weighted by Gasteiger charge is 2.30. The lowest BCUT2D eigenvalue weighted by Gasteiger charge is -2.21. The number of aliphatic carboxylic acids is 1. The maximum Gasteiger partial charge on any atom is 0.313 e. The van der Waals surface area contributed by atoms with E-state index in [0.29, 0.717) is 0 Å². The van der Waals surface area contributed by atoms with Crippen molar-refractivity contribution in [2.24, 2.45) is 0 Å². The van der Waals surface area contributed by atoms with E-state index in [-0.39, 0.29) is 5.75 Å². The van der Waals surface area contributed by atoms with Crippen LogP contribution >= 0.6 is 0 Å². The molecule has 2 rings (SSSR count). The molecule has 2 N–H and O–H groups in total. The predicted octanol–water partition coefficient (Wildman–Crippen LogP) is 2.91. The van der Waals surface area contributed by atoms with Crippen LogP contribution in [0.1, 0.15) is 19.4 Å². The maximum absolute atomic E-state index is 11.3. The normalized spacial score (nSPS) is 11.6. The molecule has 0 saturated carbocycles. The molecule has 0 aliphatic rings. The van der Waals surface area contributed by atoms with Gasteiger partial charge in [0.05, 0.1) is 5.41 Å². The molecule has 0 bridgehead atoms. The van der Waals surface area contributed by atoms with Crippen molar-refractivity contribution in [1.82, 2.24) is 0 Å². The van der Waals surface area contributed by atoms with Crippen LogP contribution in [0.3, 0.4) is 0 Å². The summed E-state index contributed by atoms with van der Waals surface area (Å²) in [5.74, 6) is -0.680. The largest absolute Gasteiger partial charge is 0.508 e. The summed E-state index contributed by atoms with van der Waals surface area (Å²) in [7, 11) is 0. The number of fused-ring (bicyclic) bond motifs is 1. The number of phenols is 1. The van der Waals surface area contributed by atoms with Crippen molar-refractivity contribution >= 4 is 16.7 Å². The summed E-state index contributed by atoms with van der Waals surface area (Å²) in [6.07, 6.45) is 0. The molecule has 0 heterocycles. The average molecular weight is 230 g/mol. The van der Waals surface area contributed by atoms with E-state index in [9.17, 15) is 15.0 Å². The van der Waals surface area contributed by atoms with Crippen LogP contribution in [-0.2, 0) is 10.2 Å². The van der Waals surface area contributed by atoms with Crippen molar-refractivity contribution in [3.63, 3.8) is 0 Å². The van der Waals surface area contributed by atoms with E-state index >= 15 is 0 Å². The van der Waals surface area contributed by atoms with E-state index in [2.05, 4.69) is 0 Å². The Labute approximate surface area is 99.3 Å². The van der Waals surface area contributed by atoms with Crippen LogP contribution in [0.2, 0.25) is 0 Å². The number of rotatable bonds is 2. The molecule has 0 radical (unpaired) electrons. The van der Waals surface area contributed by atoms with Gasteiger partial charge in [0.15, 0.2) is 0 Å². The molecule has 0 aliphatic carbocycles. The predicted molar refractivity (Wildman–Crippen MR) is 66.3 cm³/mol. The number of hydrogen-bond donors (Lipinski definition) is 2. The average Bonchev–Trinajstić information content (AvgIpc) is 2.27. The van der Waals surface area contributed by atoms with Crippen molar-refractivity contribution in [3.05, 3.63) is 42.0 Å². The van der Waals surface area contributed by atoms with Crippen LogP contribution in [0.5, 0.6) is 5.75 Å². The van der Waals surface area contributed by atoms with Gasteiger partial charge >= 0.3 is 5.97 Å². The molecular formula is C14H14O3. The molecule has 0 unspecified atom stereocenters. The summed E-state index contributed by atoms with van der Waals surface area (Å²) in [6, 6.07) is 10.4. The Bertz CT molecular complexity index is 585. The van der Waals surface area contributed by atoms with Gasteiger partial charge in [0.2, 0.25) is 0 Å². The molecule has 0 fully saturated rings.